The van der Waals surface area contributed by atoms with Crippen LogP contribution in [-0.2, 0) is 9.53 Å². The van der Waals surface area contributed by atoms with Gasteiger partial charge < -0.3 is 10.1 Å². The topological polar surface area (TPSA) is 38.3 Å². The second-order valence-corrected chi connectivity index (χ2v) is 4.65. The molecule has 0 aliphatic heterocycles. The van der Waals surface area contributed by atoms with Gasteiger partial charge in [-0.15, -0.1) is 0 Å². The highest BCUT2D eigenvalue weighted by Crippen LogP contribution is 2.46. The zero-order valence-electron chi connectivity index (χ0n) is 10.0. The summed E-state index contributed by atoms with van der Waals surface area (Å²) in [5.74, 6) is -0.548. The Hall–Kier alpha value is -1.42. The third-order valence-corrected chi connectivity index (χ3v) is 3.13. The fourth-order valence-electron chi connectivity index (χ4n) is 1.84. The quantitative estimate of drug-likeness (QED) is 0.873. The van der Waals surface area contributed by atoms with Crippen molar-refractivity contribution in [3.63, 3.8) is 0 Å². The molecule has 4 heteroatoms. The van der Waals surface area contributed by atoms with Gasteiger partial charge in [-0.1, -0.05) is 6.07 Å². The third kappa shape index (κ3) is 2.47. The Balaban J connectivity index is 2.08. The van der Waals surface area contributed by atoms with E-state index in [1.54, 1.807) is 19.2 Å². The van der Waals surface area contributed by atoms with Gasteiger partial charge >= 0.3 is 0 Å². The van der Waals surface area contributed by atoms with E-state index < -0.39 is 11.2 Å². The van der Waals surface area contributed by atoms with Gasteiger partial charge in [-0.25, -0.2) is 4.39 Å². The third-order valence-electron chi connectivity index (χ3n) is 3.13. The van der Waals surface area contributed by atoms with Crippen LogP contribution in [0, 0.1) is 18.2 Å². The molecule has 1 aromatic rings. The number of carbonyl (C=O) groups excluding carboxylic acids is 1. The number of anilines is 1. The van der Waals surface area contributed by atoms with Gasteiger partial charge in [0.05, 0.1) is 17.7 Å². The molecule has 0 unspecified atom stereocenters. The Bertz CT molecular complexity index is 441. The summed E-state index contributed by atoms with van der Waals surface area (Å²) in [7, 11) is 1.57. The Morgan fingerprint density at radius 1 is 1.53 bits per heavy atom. The molecule has 0 radical (unpaired) electrons. The molecule has 17 heavy (non-hydrogen) atoms. The average Bonchev–Trinajstić information content (AvgIpc) is 3.04. The highest BCUT2D eigenvalue weighted by molar-refractivity contribution is 5.97. The summed E-state index contributed by atoms with van der Waals surface area (Å²) in [6.07, 6.45) is 1.61. The van der Waals surface area contributed by atoms with Gasteiger partial charge in [0.1, 0.15) is 5.82 Å². The van der Waals surface area contributed by atoms with Gasteiger partial charge in [-0.2, -0.15) is 0 Å². The maximum absolute atomic E-state index is 13.6. The summed E-state index contributed by atoms with van der Waals surface area (Å²) in [6.45, 7) is 2.20. The normalized spacial score (nSPS) is 16.6. The number of methoxy groups -OCH3 is 1. The minimum atomic E-state index is -0.438. The number of carbonyl (C=O) groups is 1. The number of ether oxygens (including phenoxy) is 1. The summed E-state index contributed by atoms with van der Waals surface area (Å²) < 4.78 is 18.6. The molecule has 0 aromatic heterocycles. The maximum Gasteiger partial charge on any atom is 0.233 e. The van der Waals surface area contributed by atoms with Gasteiger partial charge in [0.25, 0.3) is 0 Å². The van der Waals surface area contributed by atoms with Crippen LogP contribution >= 0.6 is 0 Å². The van der Waals surface area contributed by atoms with Crippen LogP contribution in [0.3, 0.4) is 0 Å². The van der Waals surface area contributed by atoms with E-state index >= 15 is 0 Å². The molecule has 1 aromatic carbocycles. The van der Waals surface area contributed by atoms with Crippen LogP contribution in [0.2, 0.25) is 0 Å². The van der Waals surface area contributed by atoms with Crippen molar-refractivity contribution in [3.05, 3.63) is 29.6 Å². The molecule has 0 bridgehead atoms. The highest BCUT2D eigenvalue weighted by Gasteiger charge is 2.50. The molecule has 0 saturated heterocycles. The van der Waals surface area contributed by atoms with Crippen LogP contribution in [0.15, 0.2) is 18.2 Å². The summed E-state index contributed by atoms with van der Waals surface area (Å²) in [5.41, 5.74) is 0.632. The SMILES string of the molecule is COCC1(C(=O)Nc2ccc(C)cc2F)CC1. The van der Waals surface area contributed by atoms with E-state index in [1.807, 2.05) is 6.92 Å². The predicted octanol–water partition coefficient (Wildman–Crippen LogP) is 2.50. The second kappa shape index (κ2) is 4.45. The van der Waals surface area contributed by atoms with Crippen molar-refractivity contribution in [1.82, 2.24) is 0 Å². The standard InChI is InChI=1S/C13H16FNO2/c1-9-3-4-11(10(14)7-9)15-12(16)13(5-6-13)8-17-2/h3-4,7H,5-6,8H2,1-2H3,(H,15,16). The Morgan fingerprint density at radius 2 is 2.24 bits per heavy atom. The Kier molecular flexibility index (Phi) is 3.15. The first-order chi connectivity index (χ1) is 8.07. The van der Waals surface area contributed by atoms with Gasteiger partial charge in [0, 0.05) is 7.11 Å². The molecular formula is C13H16FNO2. The number of halogens is 1. The highest BCUT2D eigenvalue weighted by atomic mass is 19.1. The number of amides is 1. The van der Waals surface area contributed by atoms with Gasteiger partial charge in [-0.3, -0.25) is 4.79 Å². The molecule has 2 rings (SSSR count). The van der Waals surface area contributed by atoms with Crippen LogP contribution in [0.25, 0.3) is 0 Å². The molecule has 1 aliphatic carbocycles. The zero-order valence-corrected chi connectivity index (χ0v) is 10.0. The maximum atomic E-state index is 13.6. The van der Waals surface area contributed by atoms with E-state index in [2.05, 4.69) is 5.32 Å². The molecule has 92 valence electrons. The first-order valence-corrected chi connectivity index (χ1v) is 5.64. The van der Waals surface area contributed by atoms with E-state index in [1.165, 1.54) is 6.07 Å². The molecule has 1 N–H and O–H groups in total. The molecular weight excluding hydrogens is 221 g/mol. The molecule has 3 nitrogen and oxygen atoms in total. The van der Waals surface area contributed by atoms with Crippen LogP contribution in [0.5, 0.6) is 0 Å². The lowest BCUT2D eigenvalue weighted by molar-refractivity contribution is -0.122. The molecule has 0 atom stereocenters. The van der Waals surface area contributed by atoms with Crippen molar-refractivity contribution in [2.45, 2.75) is 19.8 Å². The number of rotatable bonds is 4. The summed E-state index contributed by atoms with van der Waals surface area (Å²) >= 11 is 0. The molecule has 0 heterocycles. The fraction of sp³-hybridized carbons (Fsp3) is 0.462. The minimum absolute atomic E-state index is 0.151. The second-order valence-electron chi connectivity index (χ2n) is 4.65. The Labute approximate surface area is 100.0 Å². The number of benzene rings is 1. The van der Waals surface area contributed by atoms with E-state index in [9.17, 15) is 9.18 Å². The predicted molar refractivity (Wildman–Crippen MR) is 63.3 cm³/mol. The van der Waals surface area contributed by atoms with Crippen molar-refractivity contribution in [2.75, 3.05) is 19.0 Å². The zero-order chi connectivity index (χ0) is 12.5. The number of hydrogen-bond acceptors (Lipinski definition) is 2. The van der Waals surface area contributed by atoms with Crippen molar-refractivity contribution in [2.24, 2.45) is 5.41 Å². The van der Waals surface area contributed by atoms with Crippen molar-refractivity contribution < 1.29 is 13.9 Å². The van der Waals surface area contributed by atoms with Crippen molar-refractivity contribution in [1.29, 1.82) is 0 Å². The summed E-state index contributed by atoms with van der Waals surface area (Å²) in [4.78, 5) is 12.0. The lowest BCUT2D eigenvalue weighted by Gasteiger charge is -2.14. The monoisotopic (exact) mass is 237 g/mol. The molecule has 1 saturated carbocycles. The summed E-state index contributed by atoms with van der Waals surface area (Å²) in [5, 5.41) is 2.63. The number of aryl methyl sites for hydroxylation is 1. The summed E-state index contributed by atoms with van der Waals surface area (Å²) in [6, 6.07) is 4.77. The minimum Gasteiger partial charge on any atom is -0.384 e. The fourth-order valence-corrected chi connectivity index (χ4v) is 1.84. The molecule has 1 amide bonds. The van der Waals surface area contributed by atoms with Gasteiger partial charge in [0.2, 0.25) is 5.91 Å². The van der Waals surface area contributed by atoms with E-state index in [4.69, 9.17) is 4.74 Å². The van der Waals surface area contributed by atoms with E-state index in [-0.39, 0.29) is 11.6 Å². The van der Waals surface area contributed by atoms with Crippen molar-refractivity contribution in [3.8, 4) is 0 Å². The van der Waals surface area contributed by atoms with E-state index in [0.29, 0.717) is 6.61 Å². The van der Waals surface area contributed by atoms with Crippen molar-refractivity contribution >= 4 is 11.6 Å². The Morgan fingerprint density at radius 3 is 2.76 bits per heavy atom. The van der Waals surface area contributed by atoms with Crippen LogP contribution in [-0.4, -0.2) is 19.6 Å². The van der Waals surface area contributed by atoms with Crippen LogP contribution in [0.4, 0.5) is 10.1 Å². The number of nitrogens with one attached hydrogen (secondary N) is 1. The van der Waals surface area contributed by atoms with E-state index in [0.717, 1.165) is 18.4 Å². The van der Waals surface area contributed by atoms with Gasteiger partial charge in [0.15, 0.2) is 0 Å². The molecule has 1 fully saturated rings. The lowest BCUT2D eigenvalue weighted by Crippen LogP contribution is -2.28. The van der Waals surface area contributed by atoms with Crippen LogP contribution < -0.4 is 5.32 Å². The lowest BCUT2D eigenvalue weighted by atomic mass is 10.1. The average molecular weight is 237 g/mol. The van der Waals surface area contributed by atoms with Crippen LogP contribution in [0.1, 0.15) is 18.4 Å². The largest absolute Gasteiger partial charge is 0.384 e. The number of hydrogen-bond donors (Lipinski definition) is 1. The molecule has 1 aliphatic rings. The first kappa shape index (κ1) is 12.0. The molecule has 0 spiro atoms. The first-order valence-electron chi connectivity index (χ1n) is 5.64. The smallest absolute Gasteiger partial charge is 0.233 e. The van der Waals surface area contributed by atoms with Gasteiger partial charge in [-0.05, 0) is 37.5 Å².